The van der Waals surface area contributed by atoms with Gasteiger partial charge in [-0.3, -0.25) is 14.9 Å². The number of nitrogens with one attached hydrogen (secondary N) is 1. The summed E-state index contributed by atoms with van der Waals surface area (Å²) < 4.78 is 13.8. The van der Waals surface area contributed by atoms with Gasteiger partial charge in [0.2, 0.25) is 0 Å². The van der Waals surface area contributed by atoms with Gasteiger partial charge < -0.3 is 5.32 Å². The van der Waals surface area contributed by atoms with Crippen molar-refractivity contribution in [1.29, 1.82) is 0 Å². The second-order valence-electron chi connectivity index (χ2n) is 5.17. The van der Waals surface area contributed by atoms with Crippen LogP contribution in [0.2, 0.25) is 0 Å². The van der Waals surface area contributed by atoms with Gasteiger partial charge in [0.1, 0.15) is 5.82 Å². The van der Waals surface area contributed by atoms with Crippen LogP contribution in [0.25, 0.3) is 0 Å². The molecule has 0 radical (unpaired) electrons. The fourth-order valence-corrected chi connectivity index (χ4v) is 1.83. The molecule has 0 aliphatic carbocycles. The lowest BCUT2D eigenvalue weighted by Gasteiger charge is -2.08. The lowest BCUT2D eigenvalue weighted by molar-refractivity contribution is -0.385. The van der Waals surface area contributed by atoms with Gasteiger partial charge in [-0.2, -0.15) is 0 Å². The molecule has 0 bridgehead atoms. The maximum atomic E-state index is 13.8. The van der Waals surface area contributed by atoms with Gasteiger partial charge in [0.15, 0.2) is 0 Å². The number of nitrogens with zero attached hydrogens (tertiary/aromatic N) is 1. The van der Waals surface area contributed by atoms with Crippen LogP contribution in [0.15, 0.2) is 12.1 Å². The average Bonchev–Trinajstić information content (AvgIpc) is 2.36. The molecule has 0 atom stereocenters. The van der Waals surface area contributed by atoms with Crippen molar-refractivity contribution in [3.8, 4) is 0 Å². The number of nitro groups is 1. The van der Waals surface area contributed by atoms with Crippen molar-refractivity contribution >= 4 is 11.6 Å². The summed E-state index contributed by atoms with van der Waals surface area (Å²) >= 11 is 0. The minimum atomic E-state index is -0.711. The van der Waals surface area contributed by atoms with Gasteiger partial charge in [-0.1, -0.05) is 13.8 Å². The molecule has 0 fully saturated rings. The van der Waals surface area contributed by atoms with Crippen molar-refractivity contribution in [2.45, 2.75) is 33.6 Å². The van der Waals surface area contributed by atoms with Gasteiger partial charge >= 0.3 is 0 Å². The summed E-state index contributed by atoms with van der Waals surface area (Å²) in [6.45, 7) is 5.98. The highest BCUT2D eigenvalue weighted by Gasteiger charge is 2.19. The summed E-state index contributed by atoms with van der Waals surface area (Å²) in [7, 11) is 0. The SMILES string of the molecule is Cc1cc([N+](=O)[O-])cc(C(=O)NCCCC(C)C)c1F. The van der Waals surface area contributed by atoms with E-state index >= 15 is 0 Å². The number of carbonyl (C=O) groups is 1. The molecule has 1 rings (SSSR count). The number of amides is 1. The predicted molar refractivity (Wildman–Crippen MR) is 74.2 cm³/mol. The summed E-state index contributed by atoms with van der Waals surface area (Å²) in [6.07, 6.45) is 1.75. The predicted octanol–water partition coefficient (Wildman–Crippen LogP) is 3.21. The second kappa shape index (κ2) is 6.98. The lowest BCUT2D eigenvalue weighted by atomic mass is 10.1. The van der Waals surface area contributed by atoms with Crippen LogP contribution in [-0.2, 0) is 0 Å². The van der Waals surface area contributed by atoms with E-state index in [1.807, 2.05) is 0 Å². The fraction of sp³-hybridized carbons (Fsp3) is 0.500. The normalized spacial score (nSPS) is 10.7. The highest BCUT2D eigenvalue weighted by atomic mass is 19.1. The molecule has 1 N–H and O–H groups in total. The Morgan fingerprint density at radius 3 is 2.65 bits per heavy atom. The second-order valence-corrected chi connectivity index (χ2v) is 5.17. The lowest BCUT2D eigenvalue weighted by Crippen LogP contribution is -2.26. The van der Waals surface area contributed by atoms with E-state index in [1.165, 1.54) is 6.92 Å². The molecule has 0 aliphatic heterocycles. The van der Waals surface area contributed by atoms with E-state index in [-0.39, 0.29) is 16.8 Å². The van der Waals surface area contributed by atoms with Gasteiger partial charge in [-0.25, -0.2) is 4.39 Å². The number of halogens is 1. The van der Waals surface area contributed by atoms with Gasteiger partial charge in [-0.15, -0.1) is 0 Å². The van der Waals surface area contributed by atoms with E-state index in [0.717, 1.165) is 25.0 Å². The summed E-state index contributed by atoms with van der Waals surface area (Å²) in [5, 5.41) is 13.3. The summed E-state index contributed by atoms with van der Waals surface area (Å²) in [5.74, 6) is -0.793. The van der Waals surface area contributed by atoms with Crippen LogP contribution in [0.1, 0.15) is 42.6 Å². The highest BCUT2D eigenvalue weighted by molar-refractivity contribution is 5.95. The van der Waals surface area contributed by atoms with Crippen molar-refractivity contribution in [2.75, 3.05) is 6.54 Å². The molecule has 110 valence electrons. The molecule has 6 heteroatoms. The molecule has 0 heterocycles. The van der Waals surface area contributed by atoms with E-state index < -0.39 is 16.6 Å². The Bertz CT molecular complexity index is 515. The van der Waals surface area contributed by atoms with Crippen molar-refractivity contribution < 1.29 is 14.1 Å². The van der Waals surface area contributed by atoms with Crippen molar-refractivity contribution in [1.82, 2.24) is 5.32 Å². The van der Waals surface area contributed by atoms with Crippen LogP contribution in [0.4, 0.5) is 10.1 Å². The Balaban J connectivity index is 2.79. The van der Waals surface area contributed by atoms with Crippen molar-refractivity contribution in [2.24, 2.45) is 5.92 Å². The molecule has 0 aliphatic rings. The number of nitro benzene ring substituents is 1. The molecule has 0 saturated carbocycles. The third-order valence-electron chi connectivity index (χ3n) is 2.94. The van der Waals surface area contributed by atoms with Gasteiger partial charge in [0, 0.05) is 18.7 Å². The van der Waals surface area contributed by atoms with E-state index in [4.69, 9.17) is 0 Å². The Morgan fingerprint density at radius 2 is 2.10 bits per heavy atom. The topological polar surface area (TPSA) is 72.2 Å². The largest absolute Gasteiger partial charge is 0.352 e. The Morgan fingerprint density at radius 1 is 1.45 bits per heavy atom. The maximum Gasteiger partial charge on any atom is 0.270 e. The standard InChI is InChI=1S/C14H19FN2O3/c1-9(2)5-4-6-16-14(18)12-8-11(17(19)20)7-10(3)13(12)15/h7-9H,4-6H2,1-3H3,(H,16,18). The smallest absolute Gasteiger partial charge is 0.270 e. The number of rotatable bonds is 6. The number of benzene rings is 1. The average molecular weight is 282 g/mol. The third-order valence-corrected chi connectivity index (χ3v) is 2.94. The zero-order chi connectivity index (χ0) is 15.3. The van der Waals surface area contributed by atoms with Crippen molar-refractivity contribution in [3.05, 3.63) is 39.2 Å². The minimum absolute atomic E-state index is 0.0894. The third kappa shape index (κ3) is 4.29. The molecule has 20 heavy (non-hydrogen) atoms. The molecule has 1 amide bonds. The molecular weight excluding hydrogens is 263 g/mol. The summed E-state index contributed by atoms with van der Waals surface area (Å²) in [6, 6.07) is 2.09. The maximum absolute atomic E-state index is 13.8. The van der Waals surface area contributed by atoms with E-state index in [0.29, 0.717) is 12.5 Å². The first-order chi connectivity index (χ1) is 9.32. The summed E-state index contributed by atoms with van der Waals surface area (Å²) in [5.41, 5.74) is -0.469. The molecule has 0 saturated heterocycles. The monoisotopic (exact) mass is 282 g/mol. The first kappa shape index (κ1) is 16.1. The first-order valence-electron chi connectivity index (χ1n) is 6.55. The van der Waals surface area contributed by atoms with Gasteiger partial charge in [-0.05, 0) is 31.2 Å². The highest BCUT2D eigenvalue weighted by Crippen LogP contribution is 2.21. The van der Waals surface area contributed by atoms with Gasteiger partial charge in [0.25, 0.3) is 11.6 Å². The van der Waals surface area contributed by atoms with E-state index in [1.54, 1.807) is 0 Å². The zero-order valence-corrected chi connectivity index (χ0v) is 11.9. The number of non-ortho nitro benzene ring substituents is 1. The molecule has 0 aromatic heterocycles. The van der Waals surface area contributed by atoms with Crippen LogP contribution in [0.5, 0.6) is 0 Å². The molecule has 5 nitrogen and oxygen atoms in total. The van der Waals surface area contributed by atoms with E-state index in [2.05, 4.69) is 19.2 Å². The van der Waals surface area contributed by atoms with Crippen LogP contribution in [0.3, 0.4) is 0 Å². The van der Waals surface area contributed by atoms with Crippen molar-refractivity contribution in [3.63, 3.8) is 0 Å². The summed E-state index contributed by atoms with van der Waals surface area (Å²) in [4.78, 5) is 22.0. The number of aryl methyl sites for hydroxylation is 1. The van der Waals surface area contributed by atoms with Crippen LogP contribution >= 0.6 is 0 Å². The number of hydrogen-bond donors (Lipinski definition) is 1. The molecular formula is C14H19FN2O3. The van der Waals surface area contributed by atoms with Crippen LogP contribution in [-0.4, -0.2) is 17.4 Å². The first-order valence-corrected chi connectivity index (χ1v) is 6.55. The van der Waals surface area contributed by atoms with Gasteiger partial charge in [0.05, 0.1) is 10.5 Å². The van der Waals surface area contributed by atoms with Crippen LogP contribution < -0.4 is 5.32 Å². The van der Waals surface area contributed by atoms with Crippen LogP contribution in [0, 0.1) is 28.8 Å². The zero-order valence-electron chi connectivity index (χ0n) is 11.9. The quantitative estimate of drug-likeness (QED) is 0.494. The molecule has 0 spiro atoms. The Labute approximate surface area is 117 Å². The Kier molecular flexibility index (Phi) is 5.61. The number of carbonyl (C=O) groups excluding carboxylic acids is 1. The molecule has 1 aromatic rings. The Hall–Kier alpha value is -1.98. The van der Waals surface area contributed by atoms with E-state index in [9.17, 15) is 19.3 Å². The fourth-order valence-electron chi connectivity index (χ4n) is 1.83. The minimum Gasteiger partial charge on any atom is -0.352 e. The molecule has 1 aromatic carbocycles. The molecule has 0 unspecified atom stereocenters. The number of hydrogen-bond acceptors (Lipinski definition) is 3.